The molecule has 0 bridgehead atoms. The van der Waals surface area contributed by atoms with Crippen LogP contribution in [0.15, 0.2) is 21.1 Å². The molecule has 0 fully saturated rings. The summed E-state index contributed by atoms with van der Waals surface area (Å²) >= 11 is 6.48. The lowest BCUT2D eigenvalue weighted by molar-refractivity contribution is 0.603. The van der Waals surface area contributed by atoms with Gasteiger partial charge in [-0.1, -0.05) is 0 Å². The highest BCUT2D eigenvalue weighted by Crippen LogP contribution is 2.32. The lowest BCUT2D eigenvalue weighted by Crippen LogP contribution is -2.22. The molecule has 0 heterocycles. The highest BCUT2D eigenvalue weighted by Gasteiger charge is 2.10. The number of anilines is 1. The number of hydrogen-bond acceptors (Lipinski definition) is 2. The number of rotatable bonds is 2. The van der Waals surface area contributed by atoms with Crippen molar-refractivity contribution in [2.75, 3.05) is 4.72 Å². The Morgan fingerprint density at radius 1 is 1.29 bits per heavy atom. The van der Waals surface area contributed by atoms with E-state index in [9.17, 15) is 8.42 Å². The first-order valence-electron chi connectivity index (χ1n) is 3.56. The fourth-order valence-corrected chi connectivity index (χ4v) is 3.32. The molecule has 0 saturated heterocycles. The van der Waals surface area contributed by atoms with E-state index in [0.29, 0.717) is 14.6 Å². The maximum atomic E-state index is 10.8. The summed E-state index contributed by atoms with van der Waals surface area (Å²) in [5.74, 6) is 0. The zero-order valence-corrected chi connectivity index (χ0v) is 11.2. The van der Waals surface area contributed by atoms with Gasteiger partial charge in [-0.05, 0) is 56.5 Å². The maximum Gasteiger partial charge on any atom is 0.296 e. The number of halogens is 2. The van der Waals surface area contributed by atoms with Crippen molar-refractivity contribution in [3.63, 3.8) is 0 Å². The molecule has 1 rings (SSSR count). The molecule has 0 aliphatic heterocycles. The second-order valence-electron chi connectivity index (χ2n) is 2.75. The van der Waals surface area contributed by atoms with Gasteiger partial charge in [0.25, 0.3) is 10.2 Å². The molecule has 78 valence electrons. The second kappa shape index (κ2) is 4.18. The van der Waals surface area contributed by atoms with Crippen LogP contribution in [0.2, 0.25) is 0 Å². The van der Waals surface area contributed by atoms with E-state index in [4.69, 9.17) is 5.14 Å². The Kier molecular flexibility index (Phi) is 3.57. The summed E-state index contributed by atoms with van der Waals surface area (Å²) in [4.78, 5) is 0. The van der Waals surface area contributed by atoms with Gasteiger partial charge in [0, 0.05) is 8.95 Å². The predicted octanol–water partition coefficient (Wildman–Crippen LogP) is 2.14. The van der Waals surface area contributed by atoms with Crippen LogP contribution in [0.25, 0.3) is 0 Å². The van der Waals surface area contributed by atoms with Crippen molar-refractivity contribution in [2.45, 2.75) is 6.92 Å². The second-order valence-corrected chi connectivity index (χ2v) is 5.75. The Hall–Kier alpha value is -0.110. The minimum atomic E-state index is -3.75. The van der Waals surface area contributed by atoms with Crippen molar-refractivity contribution >= 4 is 47.8 Å². The van der Waals surface area contributed by atoms with Gasteiger partial charge in [-0.2, -0.15) is 8.42 Å². The van der Waals surface area contributed by atoms with E-state index in [-0.39, 0.29) is 0 Å². The molecule has 14 heavy (non-hydrogen) atoms. The highest BCUT2D eigenvalue weighted by atomic mass is 79.9. The van der Waals surface area contributed by atoms with Crippen molar-refractivity contribution in [1.29, 1.82) is 0 Å². The Morgan fingerprint density at radius 3 is 2.07 bits per heavy atom. The molecule has 0 radical (unpaired) electrons. The number of aryl methyl sites for hydroxylation is 1. The van der Waals surface area contributed by atoms with Crippen molar-refractivity contribution in [2.24, 2.45) is 5.14 Å². The van der Waals surface area contributed by atoms with E-state index in [1.807, 2.05) is 6.92 Å². The third kappa shape index (κ3) is 3.23. The Bertz CT molecular complexity index is 436. The first-order valence-corrected chi connectivity index (χ1v) is 6.69. The fourth-order valence-electron chi connectivity index (χ4n) is 0.940. The highest BCUT2D eigenvalue weighted by molar-refractivity contribution is 9.11. The number of hydrogen-bond donors (Lipinski definition) is 2. The molecule has 1 aromatic rings. The van der Waals surface area contributed by atoms with Crippen LogP contribution < -0.4 is 9.86 Å². The molecule has 0 atom stereocenters. The van der Waals surface area contributed by atoms with Crippen LogP contribution in [0.3, 0.4) is 0 Å². The average molecular weight is 344 g/mol. The topological polar surface area (TPSA) is 72.2 Å². The monoisotopic (exact) mass is 342 g/mol. The van der Waals surface area contributed by atoms with Crippen molar-refractivity contribution in [3.05, 3.63) is 26.6 Å². The maximum absolute atomic E-state index is 10.8. The van der Waals surface area contributed by atoms with Gasteiger partial charge in [0.1, 0.15) is 0 Å². The Morgan fingerprint density at radius 2 is 1.71 bits per heavy atom. The zero-order valence-electron chi connectivity index (χ0n) is 7.21. The summed E-state index contributed by atoms with van der Waals surface area (Å²) in [5.41, 5.74) is 1.40. The van der Waals surface area contributed by atoms with Crippen LogP contribution >= 0.6 is 31.9 Å². The van der Waals surface area contributed by atoms with Crippen molar-refractivity contribution in [1.82, 2.24) is 0 Å². The molecule has 0 amide bonds. The zero-order chi connectivity index (χ0) is 10.9. The largest absolute Gasteiger partial charge is 0.296 e. The van der Waals surface area contributed by atoms with Gasteiger partial charge in [-0.25, -0.2) is 5.14 Å². The van der Waals surface area contributed by atoms with Crippen LogP contribution in [-0.4, -0.2) is 8.42 Å². The molecular weight excluding hydrogens is 336 g/mol. The summed E-state index contributed by atoms with van der Waals surface area (Å²) < 4.78 is 25.1. The van der Waals surface area contributed by atoms with Crippen LogP contribution in [0.4, 0.5) is 5.69 Å². The molecule has 1 aromatic carbocycles. The lowest BCUT2D eigenvalue weighted by atomic mass is 10.2. The molecule has 7 heteroatoms. The summed E-state index contributed by atoms with van der Waals surface area (Å²) in [6.45, 7) is 1.90. The van der Waals surface area contributed by atoms with Crippen molar-refractivity contribution < 1.29 is 8.42 Å². The lowest BCUT2D eigenvalue weighted by Gasteiger charge is -2.09. The van der Waals surface area contributed by atoms with Crippen LogP contribution in [0.1, 0.15) is 5.56 Å². The van der Waals surface area contributed by atoms with Crippen LogP contribution in [0.5, 0.6) is 0 Å². The summed E-state index contributed by atoms with van der Waals surface area (Å²) in [5, 5.41) is 4.86. The van der Waals surface area contributed by atoms with Crippen LogP contribution in [0, 0.1) is 6.92 Å². The summed E-state index contributed by atoms with van der Waals surface area (Å²) in [7, 11) is -3.75. The molecule has 0 unspecified atom stereocenters. The van der Waals surface area contributed by atoms with Gasteiger partial charge in [-0.15, -0.1) is 0 Å². The smallest absolute Gasteiger partial charge is 0.269 e. The summed E-state index contributed by atoms with van der Waals surface area (Å²) in [6.07, 6.45) is 0. The standard InChI is InChI=1S/C7H8Br2N2O2S/c1-4-2-5(8)7(6(9)3-4)11-14(10,12)13/h2-3,11H,1H3,(H2,10,12,13). The molecule has 0 aliphatic carbocycles. The molecular formula is C7H8Br2N2O2S. The van der Waals surface area contributed by atoms with Gasteiger partial charge in [-0.3, -0.25) is 4.72 Å². The van der Waals surface area contributed by atoms with Crippen molar-refractivity contribution in [3.8, 4) is 0 Å². The third-order valence-corrected chi connectivity index (χ3v) is 3.17. The number of nitrogens with one attached hydrogen (secondary N) is 1. The van der Waals surface area contributed by atoms with Crippen LogP contribution in [-0.2, 0) is 10.2 Å². The van der Waals surface area contributed by atoms with Gasteiger partial charge < -0.3 is 0 Å². The van der Waals surface area contributed by atoms with Gasteiger partial charge >= 0.3 is 0 Å². The third-order valence-electron chi connectivity index (χ3n) is 1.43. The molecule has 3 N–H and O–H groups in total. The van der Waals surface area contributed by atoms with Gasteiger partial charge in [0.15, 0.2) is 0 Å². The Balaban J connectivity index is 3.22. The van der Waals surface area contributed by atoms with Gasteiger partial charge in [0.2, 0.25) is 0 Å². The fraction of sp³-hybridized carbons (Fsp3) is 0.143. The molecule has 0 spiro atoms. The first-order chi connectivity index (χ1) is 6.29. The number of benzene rings is 1. The molecule has 4 nitrogen and oxygen atoms in total. The normalized spacial score (nSPS) is 11.4. The first kappa shape index (κ1) is 12.0. The summed E-state index contributed by atoms with van der Waals surface area (Å²) in [6, 6.07) is 3.58. The quantitative estimate of drug-likeness (QED) is 0.863. The van der Waals surface area contributed by atoms with E-state index in [2.05, 4.69) is 36.6 Å². The molecule has 0 saturated carbocycles. The van der Waals surface area contributed by atoms with E-state index in [0.717, 1.165) is 5.56 Å². The van der Waals surface area contributed by atoms with E-state index >= 15 is 0 Å². The minimum Gasteiger partial charge on any atom is -0.269 e. The molecule has 0 aliphatic rings. The van der Waals surface area contributed by atoms with E-state index in [1.165, 1.54) is 0 Å². The number of nitrogens with two attached hydrogens (primary N) is 1. The SMILES string of the molecule is Cc1cc(Br)c(NS(N)(=O)=O)c(Br)c1. The average Bonchev–Trinajstić information content (AvgIpc) is 1.95. The predicted molar refractivity (Wildman–Crippen MR) is 63.3 cm³/mol. The minimum absolute atomic E-state index is 0.401. The molecule has 0 aromatic heterocycles. The Labute approximate surface area is 99.3 Å². The van der Waals surface area contributed by atoms with E-state index < -0.39 is 10.2 Å². The van der Waals surface area contributed by atoms with E-state index in [1.54, 1.807) is 12.1 Å². The van der Waals surface area contributed by atoms with Gasteiger partial charge in [0.05, 0.1) is 5.69 Å².